The number of carbonyl (C=O) groups is 2. The Morgan fingerprint density at radius 2 is 1.91 bits per heavy atom. The molecule has 184 valence electrons. The Bertz CT molecular complexity index is 812. The number of amides is 1. The molecule has 1 saturated carbocycles. The Labute approximate surface area is 203 Å². The molecule has 0 aromatic carbocycles. The minimum Gasteiger partial charge on any atom is -0.481 e. The van der Waals surface area contributed by atoms with Crippen LogP contribution in [0.1, 0.15) is 95.3 Å². The zero-order chi connectivity index (χ0) is 23.8. The predicted octanol–water partition coefficient (Wildman–Crippen LogP) is 5.75. The third kappa shape index (κ3) is 6.43. The maximum atomic E-state index is 13.1. The fourth-order valence-electron chi connectivity index (χ4n) is 5.31. The van der Waals surface area contributed by atoms with Crippen molar-refractivity contribution < 1.29 is 14.7 Å². The Balaban J connectivity index is 1.79. The molecular formula is C26H41N3O3S. The normalized spacial score (nSPS) is 21.4. The molecule has 2 N–H and O–H groups in total. The van der Waals surface area contributed by atoms with Crippen molar-refractivity contribution in [1.82, 2.24) is 10.3 Å². The number of nitrogens with zero attached hydrogens (tertiary/aromatic N) is 2. The summed E-state index contributed by atoms with van der Waals surface area (Å²) in [4.78, 5) is 32.4. The van der Waals surface area contributed by atoms with Gasteiger partial charge in [0.15, 0.2) is 0 Å². The number of thioether (sulfide) groups is 1. The highest BCUT2D eigenvalue weighted by molar-refractivity contribution is 7.99. The summed E-state index contributed by atoms with van der Waals surface area (Å²) in [5.41, 5.74) is -0.0507. The van der Waals surface area contributed by atoms with E-state index in [1.165, 1.54) is 19.3 Å². The average Bonchev–Trinajstić information content (AvgIpc) is 2.83. The summed E-state index contributed by atoms with van der Waals surface area (Å²) in [6.07, 6.45) is 10.2. The number of aliphatic carboxylic acids is 1. The Hall–Kier alpha value is -1.76. The molecule has 1 aromatic rings. The van der Waals surface area contributed by atoms with Gasteiger partial charge in [0.2, 0.25) is 0 Å². The maximum Gasteiger partial charge on any atom is 0.309 e. The minimum atomic E-state index is -0.715. The van der Waals surface area contributed by atoms with E-state index in [1.54, 1.807) is 11.8 Å². The van der Waals surface area contributed by atoms with Crippen LogP contribution in [0.15, 0.2) is 17.2 Å². The van der Waals surface area contributed by atoms with Crippen LogP contribution in [0.2, 0.25) is 0 Å². The van der Waals surface area contributed by atoms with Gasteiger partial charge in [-0.1, -0.05) is 39.5 Å². The smallest absolute Gasteiger partial charge is 0.309 e. The number of carbonyl (C=O) groups excluding carboxylic acids is 1. The standard InChI is InChI=1S/C26H41N3O3S/c1-4-15-26(3,25(31)32)19-10-9-16-29(18-19)22-14-13-21(24(28-22)33-17-5-2)23(30)27-20-11-7-6-8-12-20/h13-14,19-20H,4-12,15-18H2,1-3H3,(H,27,30)(H,31,32). The molecule has 1 amide bonds. The van der Waals surface area contributed by atoms with Crippen molar-refractivity contribution >= 4 is 29.5 Å². The molecule has 6 nitrogen and oxygen atoms in total. The molecule has 0 bridgehead atoms. The molecule has 2 fully saturated rings. The van der Waals surface area contributed by atoms with Crippen LogP contribution in [0.3, 0.4) is 0 Å². The number of pyridine rings is 1. The lowest BCUT2D eigenvalue weighted by atomic mass is 9.70. The largest absolute Gasteiger partial charge is 0.481 e. The van der Waals surface area contributed by atoms with Gasteiger partial charge in [-0.05, 0) is 69.3 Å². The van der Waals surface area contributed by atoms with Gasteiger partial charge in [-0.15, -0.1) is 11.8 Å². The van der Waals surface area contributed by atoms with E-state index in [2.05, 4.69) is 24.1 Å². The highest BCUT2D eigenvalue weighted by Gasteiger charge is 2.42. The topological polar surface area (TPSA) is 82.5 Å². The lowest BCUT2D eigenvalue weighted by Crippen LogP contribution is -2.46. The second kappa shape index (κ2) is 12.1. The van der Waals surface area contributed by atoms with E-state index in [0.29, 0.717) is 18.5 Å². The lowest BCUT2D eigenvalue weighted by molar-refractivity contribution is -0.152. The molecule has 1 saturated heterocycles. The summed E-state index contributed by atoms with van der Waals surface area (Å²) < 4.78 is 0. The van der Waals surface area contributed by atoms with Crippen LogP contribution in [0.25, 0.3) is 0 Å². The van der Waals surface area contributed by atoms with Crippen LogP contribution in [-0.2, 0) is 4.79 Å². The van der Waals surface area contributed by atoms with Gasteiger partial charge in [0.25, 0.3) is 5.91 Å². The van der Waals surface area contributed by atoms with Crippen LogP contribution in [0.5, 0.6) is 0 Å². The van der Waals surface area contributed by atoms with Gasteiger partial charge >= 0.3 is 5.97 Å². The molecule has 0 radical (unpaired) electrons. The van der Waals surface area contributed by atoms with E-state index >= 15 is 0 Å². The number of anilines is 1. The minimum absolute atomic E-state index is 0.0162. The molecule has 2 aliphatic rings. The molecule has 2 atom stereocenters. The molecule has 2 heterocycles. The fourth-order valence-corrected chi connectivity index (χ4v) is 6.18. The van der Waals surface area contributed by atoms with Crippen molar-refractivity contribution in [3.8, 4) is 0 Å². The zero-order valence-corrected chi connectivity index (χ0v) is 21.4. The number of piperidine rings is 1. The first-order chi connectivity index (χ1) is 15.9. The Morgan fingerprint density at radius 3 is 2.58 bits per heavy atom. The number of aromatic nitrogens is 1. The first-order valence-corrected chi connectivity index (χ1v) is 13.8. The number of hydrogen-bond donors (Lipinski definition) is 2. The van der Waals surface area contributed by atoms with E-state index in [9.17, 15) is 14.7 Å². The molecule has 7 heteroatoms. The lowest BCUT2D eigenvalue weighted by Gasteiger charge is -2.41. The molecule has 1 aromatic heterocycles. The fraction of sp³-hybridized carbons (Fsp3) is 0.731. The van der Waals surface area contributed by atoms with Gasteiger partial charge in [0.05, 0.1) is 11.0 Å². The highest BCUT2D eigenvalue weighted by atomic mass is 32.2. The van der Waals surface area contributed by atoms with Gasteiger partial charge < -0.3 is 15.3 Å². The predicted molar refractivity (Wildman–Crippen MR) is 135 cm³/mol. The third-order valence-corrected chi connectivity index (χ3v) is 8.57. The molecule has 33 heavy (non-hydrogen) atoms. The summed E-state index contributed by atoms with van der Waals surface area (Å²) in [6, 6.07) is 4.14. The van der Waals surface area contributed by atoms with E-state index < -0.39 is 11.4 Å². The summed E-state index contributed by atoms with van der Waals surface area (Å²) in [7, 11) is 0. The van der Waals surface area contributed by atoms with Crippen molar-refractivity contribution in [3.63, 3.8) is 0 Å². The van der Waals surface area contributed by atoms with E-state index in [4.69, 9.17) is 4.98 Å². The molecule has 2 unspecified atom stereocenters. The molecule has 1 aliphatic heterocycles. The average molecular weight is 476 g/mol. The number of carboxylic acid groups (broad SMARTS) is 1. The van der Waals surface area contributed by atoms with Gasteiger partial charge in [-0.2, -0.15) is 0 Å². The summed E-state index contributed by atoms with van der Waals surface area (Å²) in [5.74, 6) is 1.15. The first kappa shape index (κ1) is 25.9. The molecule has 1 aliphatic carbocycles. The van der Waals surface area contributed by atoms with Crippen molar-refractivity contribution in [2.75, 3.05) is 23.7 Å². The van der Waals surface area contributed by atoms with Crippen LogP contribution in [-0.4, -0.2) is 46.9 Å². The summed E-state index contributed by atoms with van der Waals surface area (Å²) in [6.45, 7) is 7.66. The van der Waals surface area contributed by atoms with E-state index in [-0.39, 0.29) is 17.9 Å². The Kier molecular flexibility index (Phi) is 9.47. The number of hydrogen-bond acceptors (Lipinski definition) is 5. The van der Waals surface area contributed by atoms with Crippen molar-refractivity contribution in [2.24, 2.45) is 11.3 Å². The van der Waals surface area contributed by atoms with Gasteiger partial charge in [0, 0.05) is 19.1 Å². The summed E-state index contributed by atoms with van der Waals surface area (Å²) in [5, 5.41) is 14.0. The van der Waals surface area contributed by atoms with Crippen LogP contribution >= 0.6 is 11.8 Å². The van der Waals surface area contributed by atoms with Crippen LogP contribution in [0.4, 0.5) is 5.82 Å². The third-order valence-electron chi connectivity index (χ3n) is 7.38. The van der Waals surface area contributed by atoms with Crippen molar-refractivity contribution in [3.05, 3.63) is 17.7 Å². The Morgan fingerprint density at radius 1 is 1.15 bits per heavy atom. The SMILES string of the molecule is CCCSc1nc(N2CCCC(C(C)(CCC)C(=O)O)C2)ccc1C(=O)NC1CCCCC1. The van der Waals surface area contributed by atoms with Gasteiger partial charge in [0.1, 0.15) is 10.8 Å². The summed E-state index contributed by atoms with van der Waals surface area (Å²) >= 11 is 1.64. The highest BCUT2D eigenvalue weighted by Crippen LogP contribution is 2.39. The number of rotatable bonds is 10. The first-order valence-electron chi connectivity index (χ1n) is 12.8. The van der Waals surface area contributed by atoms with E-state index in [0.717, 1.165) is 61.7 Å². The maximum absolute atomic E-state index is 13.1. The second-order valence-electron chi connectivity index (χ2n) is 9.94. The van der Waals surface area contributed by atoms with Crippen LogP contribution in [0, 0.1) is 11.3 Å². The van der Waals surface area contributed by atoms with Crippen LogP contribution < -0.4 is 10.2 Å². The number of carboxylic acids is 1. The van der Waals surface area contributed by atoms with Crippen molar-refractivity contribution in [1.29, 1.82) is 0 Å². The monoisotopic (exact) mass is 475 g/mol. The van der Waals surface area contributed by atoms with Gasteiger partial charge in [-0.25, -0.2) is 4.98 Å². The molecular weight excluding hydrogens is 434 g/mol. The van der Waals surface area contributed by atoms with E-state index in [1.807, 2.05) is 19.1 Å². The van der Waals surface area contributed by atoms with Crippen molar-refractivity contribution in [2.45, 2.75) is 96.0 Å². The second-order valence-corrected chi connectivity index (χ2v) is 11.0. The van der Waals surface area contributed by atoms with Gasteiger partial charge in [-0.3, -0.25) is 9.59 Å². The quantitative estimate of drug-likeness (QED) is 0.419. The number of nitrogens with one attached hydrogen (secondary N) is 1. The zero-order valence-electron chi connectivity index (χ0n) is 20.6. The molecule has 0 spiro atoms. The molecule has 3 rings (SSSR count).